The van der Waals surface area contributed by atoms with Gasteiger partial charge in [0.1, 0.15) is 23.0 Å². The highest BCUT2D eigenvalue weighted by Gasteiger charge is 2.17. The Kier molecular flexibility index (Phi) is 4.04. The van der Waals surface area contributed by atoms with Gasteiger partial charge in [-0.25, -0.2) is 4.98 Å². The fourth-order valence-electron chi connectivity index (χ4n) is 2.25. The monoisotopic (exact) mass is 327 g/mol. The van der Waals surface area contributed by atoms with Crippen LogP contribution in [0, 0.1) is 0 Å². The van der Waals surface area contributed by atoms with E-state index < -0.39 is 5.91 Å². The number of methoxy groups -OCH3 is 1. The number of aromatic nitrogens is 2. The summed E-state index contributed by atoms with van der Waals surface area (Å²) in [7, 11) is 1.59. The highest BCUT2D eigenvalue weighted by atomic mass is 35.5. The molecule has 1 amide bonds. The molecule has 0 atom stereocenters. The first-order valence-corrected chi connectivity index (χ1v) is 7.26. The fraction of sp³-hybridized carbons (Fsp3) is 0.0588. The number of halogens is 1. The third-order valence-electron chi connectivity index (χ3n) is 3.43. The Labute approximate surface area is 138 Å². The number of imidazole rings is 1. The van der Waals surface area contributed by atoms with Crippen molar-refractivity contribution < 1.29 is 9.53 Å². The molecule has 23 heavy (non-hydrogen) atoms. The van der Waals surface area contributed by atoms with Crippen LogP contribution in [0.15, 0.2) is 48.5 Å². The number of carbonyl (C=O) groups excluding carboxylic acids is 1. The lowest BCUT2D eigenvalue weighted by atomic mass is 10.1. The van der Waals surface area contributed by atoms with Crippen molar-refractivity contribution in [2.24, 2.45) is 5.73 Å². The van der Waals surface area contributed by atoms with E-state index in [0.29, 0.717) is 16.5 Å². The Hall–Kier alpha value is -2.79. The number of aromatic amines is 1. The van der Waals surface area contributed by atoms with E-state index in [-0.39, 0.29) is 5.69 Å². The van der Waals surface area contributed by atoms with E-state index in [1.54, 1.807) is 31.4 Å². The quantitative estimate of drug-likeness (QED) is 0.769. The van der Waals surface area contributed by atoms with Crippen LogP contribution in [0.3, 0.4) is 0 Å². The van der Waals surface area contributed by atoms with Crippen molar-refractivity contribution in [2.45, 2.75) is 0 Å². The number of primary amides is 1. The van der Waals surface area contributed by atoms with E-state index in [9.17, 15) is 4.79 Å². The molecule has 0 aliphatic heterocycles. The molecule has 3 aromatic rings. The van der Waals surface area contributed by atoms with Gasteiger partial charge < -0.3 is 15.5 Å². The molecular weight excluding hydrogens is 314 g/mol. The molecule has 0 bridgehead atoms. The number of rotatable bonds is 4. The lowest BCUT2D eigenvalue weighted by Gasteiger charge is -2.02. The molecule has 0 aliphatic carbocycles. The highest BCUT2D eigenvalue weighted by molar-refractivity contribution is 6.30. The Morgan fingerprint density at radius 1 is 1.09 bits per heavy atom. The van der Waals surface area contributed by atoms with Crippen LogP contribution in [0.25, 0.3) is 22.6 Å². The number of carbonyl (C=O) groups is 1. The van der Waals surface area contributed by atoms with Crippen LogP contribution in [-0.2, 0) is 0 Å². The number of nitrogens with zero attached hydrogens (tertiary/aromatic N) is 1. The van der Waals surface area contributed by atoms with E-state index in [4.69, 9.17) is 22.1 Å². The second-order valence-corrected chi connectivity index (χ2v) is 5.35. The molecule has 3 rings (SSSR count). The molecule has 0 aliphatic rings. The van der Waals surface area contributed by atoms with Crippen LogP contribution < -0.4 is 10.5 Å². The number of H-pyrrole nitrogens is 1. The van der Waals surface area contributed by atoms with E-state index in [0.717, 1.165) is 16.9 Å². The molecule has 0 saturated heterocycles. The minimum atomic E-state index is -0.566. The molecule has 0 saturated carbocycles. The summed E-state index contributed by atoms with van der Waals surface area (Å²) in [5, 5.41) is 0.630. The largest absolute Gasteiger partial charge is 0.497 e. The fourth-order valence-corrected chi connectivity index (χ4v) is 2.38. The normalized spacial score (nSPS) is 10.5. The maximum atomic E-state index is 11.7. The van der Waals surface area contributed by atoms with Crippen molar-refractivity contribution in [2.75, 3.05) is 7.11 Å². The zero-order chi connectivity index (χ0) is 16.4. The topological polar surface area (TPSA) is 81.0 Å². The molecule has 1 aromatic heterocycles. The number of hydrogen-bond acceptors (Lipinski definition) is 3. The van der Waals surface area contributed by atoms with Crippen molar-refractivity contribution >= 4 is 17.5 Å². The Balaban J connectivity index is 2.08. The Morgan fingerprint density at radius 2 is 1.70 bits per heavy atom. The van der Waals surface area contributed by atoms with Crippen LogP contribution >= 0.6 is 11.6 Å². The lowest BCUT2D eigenvalue weighted by Crippen LogP contribution is -2.12. The van der Waals surface area contributed by atoms with Crippen molar-refractivity contribution in [1.82, 2.24) is 9.97 Å². The van der Waals surface area contributed by atoms with Crippen LogP contribution in [0.5, 0.6) is 5.75 Å². The number of nitrogens with one attached hydrogen (secondary N) is 1. The molecule has 5 nitrogen and oxygen atoms in total. The summed E-state index contributed by atoms with van der Waals surface area (Å²) in [6.07, 6.45) is 0. The summed E-state index contributed by atoms with van der Waals surface area (Å²) in [6, 6.07) is 14.4. The van der Waals surface area contributed by atoms with Gasteiger partial charge in [0.25, 0.3) is 5.91 Å². The minimum absolute atomic E-state index is 0.264. The second kappa shape index (κ2) is 6.14. The molecule has 3 N–H and O–H groups in total. The van der Waals surface area contributed by atoms with E-state index >= 15 is 0 Å². The Morgan fingerprint density at radius 3 is 2.26 bits per heavy atom. The van der Waals surface area contributed by atoms with E-state index in [1.807, 2.05) is 24.3 Å². The van der Waals surface area contributed by atoms with Gasteiger partial charge in [-0.05, 0) is 48.5 Å². The predicted octanol–water partition coefficient (Wildman–Crippen LogP) is 3.50. The number of nitrogens with two attached hydrogens (primary N) is 1. The van der Waals surface area contributed by atoms with Crippen LogP contribution in [0.4, 0.5) is 0 Å². The number of ether oxygens (including phenoxy) is 1. The molecule has 0 fully saturated rings. The second-order valence-electron chi connectivity index (χ2n) is 4.91. The summed E-state index contributed by atoms with van der Waals surface area (Å²) < 4.78 is 5.14. The number of benzene rings is 2. The predicted molar refractivity (Wildman–Crippen MR) is 89.5 cm³/mol. The molecule has 0 radical (unpaired) electrons. The summed E-state index contributed by atoms with van der Waals surface area (Å²) >= 11 is 5.89. The van der Waals surface area contributed by atoms with Crippen LogP contribution in [-0.4, -0.2) is 23.0 Å². The van der Waals surface area contributed by atoms with Crippen molar-refractivity contribution in [3.63, 3.8) is 0 Å². The summed E-state index contributed by atoms with van der Waals surface area (Å²) in [4.78, 5) is 19.2. The third-order valence-corrected chi connectivity index (χ3v) is 3.68. The number of hydrogen-bond donors (Lipinski definition) is 2. The first-order chi connectivity index (χ1) is 11.1. The van der Waals surface area contributed by atoms with Crippen LogP contribution in [0.1, 0.15) is 10.5 Å². The van der Waals surface area contributed by atoms with Crippen molar-refractivity contribution in [3.8, 4) is 28.4 Å². The zero-order valence-electron chi connectivity index (χ0n) is 12.3. The molecule has 0 unspecified atom stereocenters. The molecule has 2 aromatic carbocycles. The molecule has 6 heteroatoms. The Bertz CT molecular complexity index is 839. The highest BCUT2D eigenvalue weighted by Crippen LogP contribution is 2.28. The zero-order valence-corrected chi connectivity index (χ0v) is 13.1. The first kappa shape index (κ1) is 15.1. The average molecular weight is 328 g/mol. The number of amides is 1. The third kappa shape index (κ3) is 3.05. The SMILES string of the molecule is COc1ccc(-c2nc(-c3ccc(Cl)cc3)[nH]c2C(N)=O)cc1. The van der Waals surface area contributed by atoms with Gasteiger partial charge in [0.05, 0.1) is 7.11 Å². The van der Waals surface area contributed by atoms with E-state index in [2.05, 4.69) is 9.97 Å². The lowest BCUT2D eigenvalue weighted by molar-refractivity contribution is 0.0997. The molecule has 0 spiro atoms. The average Bonchev–Trinajstić information content (AvgIpc) is 3.01. The summed E-state index contributed by atoms with van der Waals surface area (Å²) in [5.41, 5.74) is 7.83. The van der Waals surface area contributed by atoms with Gasteiger partial charge >= 0.3 is 0 Å². The summed E-state index contributed by atoms with van der Waals surface area (Å²) in [6.45, 7) is 0. The van der Waals surface area contributed by atoms with Gasteiger partial charge in [0, 0.05) is 16.1 Å². The van der Waals surface area contributed by atoms with Gasteiger partial charge in [-0.15, -0.1) is 0 Å². The van der Waals surface area contributed by atoms with Gasteiger partial charge in [-0.3, -0.25) is 4.79 Å². The van der Waals surface area contributed by atoms with Crippen molar-refractivity contribution in [1.29, 1.82) is 0 Å². The van der Waals surface area contributed by atoms with Gasteiger partial charge in [-0.1, -0.05) is 11.6 Å². The smallest absolute Gasteiger partial charge is 0.267 e. The summed E-state index contributed by atoms with van der Waals surface area (Å²) in [5.74, 6) is 0.715. The van der Waals surface area contributed by atoms with E-state index in [1.165, 1.54) is 0 Å². The van der Waals surface area contributed by atoms with Gasteiger partial charge in [0.2, 0.25) is 0 Å². The molecule has 116 valence electrons. The standard InChI is InChI=1S/C17H14ClN3O2/c1-23-13-8-4-10(5-9-13)14-15(16(19)22)21-17(20-14)11-2-6-12(18)7-3-11/h2-9H,1H3,(H2,19,22)(H,20,21). The molecular formula is C17H14ClN3O2. The molecule has 1 heterocycles. The maximum absolute atomic E-state index is 11.7. The maximum Gasteiger partial charge on any atom is 0.267 e. The van der Waals surface area contributed by atoms with Crippen molar-refractivity contribution in [3.05, 3.63) is 59.2 Å². The first-order valence-electron chi connectivity index (χ1n) is 6.88. The van der Waals surface area contributed by atoms with Gasteiger partial charge in [0.15, 0.2) is 0 Å². The van der Waals surface area contributed by atoms with Gasteiger partial charge in [-0.2, -0.15) is 0 Å². The van der Waals surface area contributed by atoms with Crippen LogP contribution in [0.2, 0.25) is 5.02 Å². The minimum Gasteiger partial charge on any atom is -0.497 e.